The van der Waals surface area contributed by atoms with E-state index < -0.39 is 0 Å². The summed E-state index contributed by atoms with van der Waals surface area (Å²) in [6.45, 7) is 7.06. The van der Waals surface area contributed by atoms with E-state index in [1.807, 2.05) is 30.9 Å². The van der Waals surface area contributed by atoms with Crippen molar-refractivity contribution in [2.45, 2.75) is 46.0 Å². The molecular formula is C20H30N4O2. The minimum absolute atomic E-state index is 0.00427. The van der Waals surface area contributed by atoms with Crippen molar-refractivity contribution in [1.82, 2.24) is 9.88 Å². The molecule has 2 aliphatic rings. The molecule has 142 valence electrons. The molecule has 0 spiro atoms. The molecule has 2 fully saturated rings. The molecule has 0 aromatic carbocycles. The highest BCUT2D eigenvalue weighted by molar-refractivity contribution is 5.91. The van der Waals surface area contributed by atoms with Gasteiger partial charge in [0.25, 0.3) is 0 Å². The number of amides is 2. The summed E-state index contributed by atoms with van der Waals surface area (Å²) in [6, 6.07) is 3.85. The summed E-state index contributed by atoms with van der Waals surface area (Å²) in [5, 5.41) is 2.86. The van der Waals surface area contributed by atoms with E-state index in [-0.39, 0.29) is 17.7 Å². The fourth-order valence-electron chi connectivity index (χ4n) is 3.73. The highest BCUT2D eigenvalue weighted by Gasteiger charge is 2.28. The fraction of sp³-hybridized carbons (Fsp3) is 0.650. The first kappa shape index (κ1) is 18.7. The van der Waals surface area contributed by atoms with Gasteiger partial charge in [0.15, 0.2) is 0 Å². The fourth-order valence-corrected chi connectivity index (χ4v) is 3.73. The van der Waals surface area contributed by atoms with Gasteiger partial charge in [0.2, 0.25) is 11.8 Å². The summed E-state index contributed by atoms with van der Waals surface area (Å²) in [6.07, 6.45) is 7.18. The van der Waals surface area contributed by atoms with Crippen molar-refractivity contribution in [3.05, 3.63) is 18.3 Å². The Morgan fingerprint density at radius 3 is 2.50 bits per heavy atom. The molecule has 6 nitrogen and oxygen atoms in total. The van der Waals surface area contributed by atoms with Crippen molar-refractivity contribution in [3.63, 3.8) is 0 Å². The zero-order chi connectivity index (χ0) is 18.5. The van der Waals surface area contributed by atoms with E-state index in [0.717, 1.165) is 56.9 Å². The minimum Gasteiger partial charge on any atom is -0.355 e. The Morgan fingerprint density at radius 2 is 1.85 bits per heavy atom. The second-order valence-electron chi connectivity index (χ2n) is 7.70. The predicted octanol–water partition coefficient (Wildman–Crippen LogP) is 2.91. The molecule has 0 radical (unpaired) electrons. The van der Waals surface area contributed by atoms with Crippen LogP contribution in [0.15, 0.2) is 18.3 Å². The quantitative estimate of drug-likeness (QED) is 0.899. The van der Waals surface area contributed by atoms with E-state index in [0.29, 0.717) is 5.91 Å². The average molecular weight is 358 g/mol. The number of rotatable bonds is 4. The molecule has 1 aromatic rings. The maximum atomic E-state index is 12.7. The highest BCUT2D eigenvalue weighted by Crippen LogP contribution is 2.27. The maximum absolute atomic E-state index is 12.7. The number of nitrogens with zero attached hydrogens (tertiary/aromatic N) is 3. The third kappa shape index (κ3) is 4.54. The van der Waals surface area contributed by atoms with Gasteiger partial charge >= 0.3 is 0 Å². The second kappa shape index (κ2) is 8.52. The third-order valence-corrected chi connectivity index (χ3v) is 5.38. The van der Waals surface area contributed by atoms with Gasteiger partial charge < -0.3 is 15.1 Å². The van der Waals surface area contributed by atoms with Crippen LogP contribution in [0.3, 0.4) is 0 Å². The topological polar surface area (TPSA) is 65.5 Å². The van der Waals surface area contributed by atoms with Gasteiger partial charge in [-0.2, -0.15) is 0 Å². The Morgan fingerprint density at radius 1 is 1.08 bits per heavy atom. The average Bonchev–Trinajstić information content (AvgIpc) is 3.06. The van der Waals surface area contributed by atoms with Crippen LogP contribution in [-0.4, -0.2) is 47.9 Å². The summed E-state index contributed by atoms with van der Waals surface area (Å²) in [7, 11) is 0. The lowest BCUT2D eigenvalue weighted by Gasteiger charge is -2.25. The van der Waals surface area contributed by atoms with Gasteiger partial charge in [-0.25, -0.2) is 4.98 Å². The van der Waals surface area contributed by atoms with E-state index in [2.05, 4.69) is 15.2 Å². The summed E-state index contributed by atoms with van der Waals surface area (Å²) in [5.41, 5.74) is 0.723. The maximum Gasteiger partial charge on any atom is 0.226 e. The molecule has 2 heterocycles. The van der Waals surface area contributed by atoms with E-state index in [9.17, 15) is 9.59 Å². The van der Waals surface area contributed by atoms with Crippen LogP contribution in [0.25, 0.3) is 0 Å². The van der Waals surface area contributed by atoms with Gasteiger partial charge in [-0.3, -0.25) is 9.59 Å². The van der Waals surface area contributed by atoms with E-state index in [1.54, 1.807) is 6.20 Å². The predicted molar refractivity (Wildman–Crippen MR) is 103 cm³/mol. The standard InChI is InChI=1S/C20H30N4O2/c1-15(2)19(25)22-17-8-9-18(21-14-17)23-10-5-11-24(13-12-23)20(26)16-6-3-4-7-16/h8-9,14-16H,3-7,10-13H2,1-2H3,(H,22,25). The van der Waals surface area contributed by atoms with Crippen molar-refractivity contribution in [2.24, 2.45) is 11.8 Å². The number of carbonyl (C=O) groups excluding carboxylic acids is 2. The third-order valence-electron chi connectivity index (χ3n) is 5.38. The molecule has 6 heteroatoms. The van der Waals surface area contributed by atoms with Crippen LogP contribution in [0.1, 0.15) is 46.0 Å². The normalized spacial score (nSPS) is 18.9. The van der Waals surface area contributed by atoms with Crippen LogP contribution in [0, 0.1) is 11.8 Å². The van der Waals surface area contributed by atoms with Crippen molar-refractivity contribution >= 4 is 23.3 Å². The van der Waals surface area contributed by atoms with Crippen LogP contribution in [-0.2, 0) is 9.59 Å². The lowest BCUT2D eigenvalue weighted by molar-refractivity contribution is -0.135. The zero-order valence-corrected chi connectivity index (χ0v) is 15.9. The second-order valence-corrected chi connectivity index (χ2v) is 7.70. The van der Waals surface area contributed by atoms with E-state index in [1.165, 1.54) is 12.8 Å². The van der Waals surface area contributed by atoms with E-state index in [4.69, 9.17) is 0 Å². The zero-order valence-electron chi connectivity index (χ0n) is 15.9. The number of anilines is 2. The van der Waals surface area contributed by atoms with Gasteiger partial charge in [0.05, 0.1) is 11.9 Å². The summed E-state index contributed by atoms with van der Waals surface area (Å²) >= 11 is 0. The van der Waals surface area contributed by atoms with Crippen LogP contribution in [0.5, 0.6) is 0 Å². The molecule has 1 aromatic heterocycles. The number of nitrogens with one attached hydrogen (secondary N) is 1. The lowest BCUT2D eigenvalue weighted by atomic mass is 10.1. The van der Waals surface area contributed by atoms with E-state index >= 15 is 0 Å². The molecule has 1 N–H and O–H groups in total. The molecule has 0 unspecified atom stereocenters. The number of aromatic nitrogens is 1. The van der Waals surface area contributed by atoms with Gasteiger partial charge in [-0.05, 0) is 31.4 Å². The molecule has 2 amide bonds. The van der Waals surface area contributed by atoms with Gasteiger partial charge in [0.1, 0.15) is 5.82 Å². The number of hydrogen-bond donors (Lipinski definition) is 1. The Hall–Kier alpha value is -2.11. The molecular weight excluding hydrogens is 328 g/mol. The molecule has 26 heavy (non-hydrogen) atoms. The summed E-state index contributed by atoms with van der Waals surface area (Å²) in [4.78, 5) is 33.2. The van der Waals surface area contributed by atoms with Crippen LogP contribution < -0.4 is 10.2 Å². The first-order valence-corrected chi connectivity index (χ1v) is 9.85. The van der Waals surface area contributed by atoms with Gasteiger partial charge in [-0.1, -0.05) is 26.7 Å². The molecule has 1 saturated heterocycles. The number of carbonyl (C=O) groups is 2. The highest BCUT2D eigenvalue weighted by atomic mass is 16.2. The molecule has 0 atom stereocenters. The monoisotopic (exact) mass is 358 g/mol. The van der Waals surface area contributed by atoms with Crippen molar-refractivity contribution < 1.29 is 9.59 Å². The van der Waals surface area contributed by atoms with Crippen LogP contribution in [0.4, 0.5) is 11.5 Å². The number of pyridine rings is 1. The van der Waals surface area contributed by atoms with Crippen molar-refractivity contribution in [1.29, 1.82) is 0 Å². The Kier molecular flexibility index (Phi) is 6.12. The smallest absolute Gasteiger partial charge is 0.226 e. The van der Waals surface area contributed by atoms with Gasteiger partial charge in [0, 0.05) is 38.0 Å². The first-order chi connectivity index (χ1) is 12.5. The summed E-state index contributed by atoms with van der Waals surface area (Å²) < 4.78 is 0. The Bertz CT molecular complexity index is 623. The molecule has 1 aliphatic heterocycles. The lowest BCUT2D eigenvalue weighted by Crippen LogP contribution is -2.38. The molecule has 1 aliphatic carbocycles. The van der Waals surface area contributed by atoms with Crippen LogP contribution in [0.2, 0.25) is 0 Å². The number of hydrogen-bond acceptors (Lipinski definition) is 4. The van der Waals surface area contributed by atoms with Crippen molar-refractivity contribution in [3.8, 4) is 0 Å². The van der Waals surface area contributed by atoms with Crippen LogP contribution >= 0.6 is 0 Å². The Balaban J connectivity index is 1.56. The summed E-state index contributed by atoms with van der Waals surface area (Å²) in [5.74, 6) is 1.45. The SMILES string of the molecule is CC(C)C(=O)Nc1ccc(N2CCCN(C(=O)C3CCCC3)CC2)nc1. The molecule has 3 rings (SSSR count). The largest absolute Gasteiger partial charge is 0.355 e. The van der Waals surface area contributed by atoms with Crippen molar-refractivity contribution in [2.75, 3.05) is 36.4 Å². The Labute approximate surface area is 156 Å². The molecule has 1 saturated carbocycles. The van der Waals surface area contributed by atoms with Gasteiger partial charge in [-0.15, -0.1) is 0 Å². The first-order valence-electron chi connectivity index (χ1n) is 9.85. The molecule has 0 bridgehead atoms. The minimum atomic E-state index is -0.0522.